The van der Waals surface area contributed by atoms with Crippen molar-refractivity contribution in [2.45, 2.75) is 39.0 Å². The van der Waals surface area contributed by atoms with Crippen LogP contribution in [0.15, 0.2) is 91.0 Å². The molecule has 3 fully saturated rings. The fourth-order valence-corrected chi connectivity index (χ4v) is 11.2. The molecule has 278 valence electrons. The highest BCUT2D eigenvalue weighted by molar-refractivity contribution is 7.22. The summed E-state index contributed by atoms with van der Waals surface area (Å²) in [5, 5.41) is 18.8. The van der Waals surface area contributed by atoms with Crippen LogP contribution in [0.2, 0.25) is 10.0 Å². The second kappa shape index (κ2) is 12.8. The van der Waals surface area contributed by atoms with Gasteiger partial charge in [0.25, 0.3) is 0 Å². The molecule has 12 heteroatoms. The van der Waals surface area contributed by atoms with E-state index in [1.165, 1.54) is 9.80 Å². The fourth-order valence-electron chi connectivity index (χ4n) is 9.80. The van der Waals surface area contributed by atoms with Crippen LogP contribution >= 0.6 is 34.5 Å². The number of halogens is 2. The van der Waals surface area contributed by atoms with Gasteiger partial charge in [0.05, 0.1) is 33.7 Å². The summed E-state index contributed by atoms with van der Waals surface area (Å²) in [4.78, 5) is 61.9. The molecule has 9 rings (SSSR count). The largest absolute Gasteiger partial charge is 0.507 e. The van der Waals surface area contributed by atoms with E-state index in [2.05, 4.69) is 6.58 Å². The molecule has 6 atom stereocenters. The number of fused-ring (bicyclic) bond motifs is 5. The normalized spacial score (nSPS) is 26.1. The van der Waals surface area contributed by atoms with Gasteiger partial charge in [-0.05, 0) is 98.0 Å². The number of carbonyl (C=O) groups excluding carboxylic acids is 4. The summed E-state index contributed by atoms with van der Waals surface area (Å²) < 4.78 is 2.60. The number of thiophene rings is 1. The van der Waals surface area contributed by atoms with E-state index >= 15 is 4.79 Å². The predicted molar refractivity (Wildman–Crippen MR) is 214 cm³/mol. The monoisotopic (exact) mass is 790 g/mol. The van der Waals surface area contributed by atoms with Gasteiger partial charge in [0, 0.05) is 39.3 Å². The Bertz CT molecular complexity index is 2560. The lowest BCUT2D eigenvalue weighted by Crippen LogP contribution is -2.49. The third kappa shape index (κ3) is 5.07. The van der Waals surface area contributed by atoms with Crippen LogP contribution in [-0.2, 0) is 32.6 Å². The molecule has 4 heterocycles. The van der Waals surface area contributed by atoms with Crippen molar-refractivity contribution in [2.24, 2.45) is 36.1 Å². The highest BCUT2D eigenvalue weighted by atomic mass is 35.5. The van der Waals surface area contributed by atoms with Crippen molar-refractivity contribution in [2.75, 3.05) is 9.80 Å². The Kier molecular flexibility index (Phi) is 8.27. The van der Waals surface area contributed by atoms with Crippen LogP contribution in [0.3, 0.4) is 0 Å². The van der Waals surface area contributed by atoms with Gasteiger partial charge in [-0.3, -0.25) is 28.8 Å². The third-order valence-corrected chi connectivity index (χ3v) is 14.2. The van der Waals surface area contributed by atoms with E-state index < -0.39 is 46.8 Å². The molecule has 5 aromatic rings. The first-order valence-electron chi connectivity index (χ1n) is 18.2. The van der Waals surface area contributed by atoms with E-state index in [4.69, 9.17) is 28.3 Å². The zero-order valence-electron chi connectivity index (χ0n) is 30.3. The van der Waals surface area contributed by atoms with Crippen LogP contribution in [0, 0.1) is 36.0 Å². The summed E-state index contributed by atoms with van der Waals surface area (Å²) in [6, 6.07) is 19.5. The number of imide groups is 2. The van der Waals surface area contributed by atoms with Gasteiger partial charge in [-0.2, -0.15) is 5.10 Å². The van der Waals surface area contributed by atoms with Crippen molar-refractivity contribution in [3.05, 3.63) is 118 Å². The SMILES string of the molecule is C=CCc1cccc([C@H]2C3=CC[C@@H]4C(=O)N(c5ccc(Cl)cc5)C(=O)[C@@H]4[C@@H]3C[C@H]3C(=O)N(c4cc(-c5sc6ccc(Cl)cc6c5C)nn4C)C(=O)[C@@]23C)c1O. The number of benzene rings is 3. The molecule has 9 nitrogen and oxygen atoms in total. The molecule has 2 aromatic heterocycles. The molecular weight excluding hydrogens is 755 g/mol. The van der Waals surface area contributed by atoms with E-state index in [-0.39, 0.29) is 30.4 Å². The first-order valence-corrected chi connectivity index (χ1v) is 19.8. The molecule has 1 saturated carbocycles. The lowest BCUT2D eigenvalue weighted by atomic mass is 9.51. The van der Waals surface area contributed by atoms with E-state index in [0.29, 0.717) is 44.8 Å². The van der Waals surface area contributed by atoms with Gasteiger partial charge in [0.15, 0.2) is 0 Å². The van der Waals surface area contributed by atoms with E-state index in [0.717, 1.165) is 26.1 Å². The molecule has 4 amide bonds. The molecular formula is C43H36Cl2N4O5S. The van der Waals surface area contributed by atoms with E-state index in [9.17, 15) is 19.5 Å². The maximum atomic E-state index is 15.2. The molecule has 1 N–H and O–H groups in total. The van der Waals surface area contributed by atoms with Gasteiger partial charge in [-0.15, -0.1) is 17.9 Å². The number of aromatic hydroxyl groups is 1. The van der Waals surface area contributed by atoms with Gasteiger partial charge < -0.3 is 5.11 Å². The van der Waals surface area contributed by atoms with E-state index in [1.807, 2.05) is 50.3 Å². The molecule has 3 aromatic carbocycles. The number of aromatic nitrogens is 2. The Morgan fingerprint density at radius 3 is 2.45 bits per heavy atom. The van der Waals surface area contributed by atoms with E-state index in [1.54, 1.807) is 65.5 Å². The molecule has 2 saturated heterocycles. The van der Waals surface area contributed by atoms with Gasteiger partial charge in [0.2, 0.25) is 23.6 Å². The number of hydrogen-bond acceptors (Lipinski definition) is 7. The Morgan fingerprint density at radius 2 is 1.71 bits per heavy atom. The summed E-state index contributed by atoms with van der Waals surface area (Å²) >= 11 is 14.0. The molecule has 55 heavy (non-hydrogen) atoms. The summed E-state index contributed by atoms with van der Waals surface area (Å²) in [5.41, 5.74) is 2.64. The average Bonchev–Trinajstić information content (AvgIpc) is 3.83. The van der Waals surface area contributed by atoms with Crippen molar-refractivity contribution >= 4 is 79.8 Å². The van der Waals surface area contributed by atoms with Crippen LogP contribution in [-0.4, -0.2) is 38.5 Å². The van der Waals surface area contributed by atoms with Gasteiger partial charge in [-0.1, -0.05) is 59.1 Å². The maximum absolute atomic E-state index is 15.2. The highest BCUT2D eigenvalue weighted by Crippen LogP contribution is 2.64. The Morgan fingerprint density at radius 1 is 0.964 bits per heavy atom. The minimum absolute atomic E-state index is 0.0227. The smallest absolute Gasteiger partial charge is 0.242 e. The van der Waals surface area contributed by atoms with Crippen LogP contribution in [0.1, 0.15) is 42.4 Å². The molecule has 4 aliphatic rings. The number of allylic oxidation sites excluding steroid dienone is 3. The summed E-state index contributed by atoms with van der Waals surface area (Å²) in [7, 11) is 1.71. The second-order valence-corrected chi connectivity index (χ2v) is 17.1. The zero-order valence-corrected chi connectivity index (χ0v) is 32.6. The average molecular weight is 792 g/mol. The minimum Gasteiger partial charge on any atom is -0.507 e. The van der Waals surface area contributed by atoms with Gasteiger partial charge in [0.1, 0.15) is 17.3 Å². The maximum Gasteiger partial charge on any atom is 0.242 e. The first-order chi connectivity index (χ1) is 26.3. The summed E-state index contributed by atoms with van der Waals surface area (Å²) in [5.74, 6) is -4.66. The quantitative estimate of drug-likeness (QED) is 0.136. The van der Waals surface area contributed by atoms with Crippen LogP contribution in [0.4, 0.5) is 11.5 Å². The number of amides is 4. The number of para-hydroxylation sites is 1. The Hall–Kier alpha value is -5.03. The number of phenols is 1. The number of hydrogen-bond donors (Lipinski definition) is 1. The van der Waals surface area contributed by atoms with Crippen molar-refractivity contribution in [3.63, 3.8) is 0 Å². The van der Waals surface area contributed by atoms with Crippen LogP contribution < -0.4 is 9.80 Å². The minimum atomic E-state index is -1.34. The van der Waals surface area contributed by atoms with Crippen LogP contribution in [0.25, 0.3) is 20.7 Å². The first kappa shape index (κ1) is 35.7. The number of rotatable bonds is 6. The Balaban J connectivity index is 1.17. The second-order valence-electron chi connectivity index (χ2n) is 15.2. The fraction of sp³-hybridized carbons (Fsp3) is 0.279. The van der Waals surface area contributed by atoms with Crippen molar-refractivity contribution < 1.29 is 24.3 Å². The number of phenolic OH excluding ortho intramolecular Hbond substituents is 1. The third-order valence-electron chi connectivity index (χ3n) is 12.4. The van der Waals surface area contributed by atoms with Gasteiger partial charge >= 0.3 is 0 Å². The highest BCUT2D eigenvalue weighted by Gasteiger charge is 2.68. The lowest BCUT2D eigenvalue weighted by molar-refractivity contribution is -0.131. The molecule has 0 unspecified atom stereocenters. The topological polar surface area (TPSA) is 113 Å². The standard InChI is InChI=1S/C43H36Cl2N4O5S/c1-5-7-22-8-6-9-28(37(22)50)36-26-15-16-27-35(41(53)48(39(27)51)25-13-10-23(44)11-14-25)30(26)19-31-40(52)49(42(54)43(31,36)3)34-20-32(46-47(34)4)38-21(2)29-18-24(45)12-17-33(29)55-38/h5-6,8-15,17-18,20,27,30-31,35-36,50H,1,7,16,19H2,2-4H3/t27-,30+,31-,35-,36+,43+/m0/s1. The summed E-state index contributed by atoms with van der Waals surface area (Å²) in [6.45, 7) is 7.67. The molecule has 0 radical (unpaired) electrons. The molecule has 0 spiro atoms. The summed E-state index contributed by atoms with van der Waals surface area (Å²) in [6.07, 6.45) is 4.54. The predicted octanol–water partition coefficient (Wildman–Crippen LogP) is 8.79. The zero-order chi connectivity index (χ0) is 38.7. The van der Waals surface area contributed by atoms with Crippen molar-refractivity contribution in [3.8, 4) is 16.3 Å². The van der Waals surface area contributed by atoms with Crippen molar-refractivity contribution in [1.29, 1.82) is 0 Å². The Labute approximate surface area is 331 Å². The van der Waals surface area contributed by atoms with Gasteiger partial charge in [-0.25, -0.2) is 4.90 Å². The number of aryl methyl sites for hydroxylation is 2. The van der Waals surface area contributed by atoms with Crippen LogP contribution in [0.5, 0.6) is 5.75 Å². The lowest BCUT2D eigenvalue weighted by Gasteiger charge is -2.49. The molecule has 0 bridgehead atoms. The molecule has 2 aliphatic carbocycles. The van der Waals surface area contributed by atoms with Crippen molar-refractivity contribution in [1.82, 2.24) is 9.78 Å². The number of nitrogens with zero attached hydrogens (tertiary/aromatic N) is 4. The number of anilines is 2. The molecule has 2 aliphatic heterocycles. The number of carbonyl (C=O) groups is 4.